The molecule has 0 aromatic rings. The minimum absolute atomic E-state index is 1.21. The average Bonchev–Trinajstić information content (AvgIpc) is 1.86. The second-order valence-corrected chi connectivity index (χ2v) is 0.836. The maximum Gasteiger partial charge on any atom is 0.0581 e. The van der Waals surface area contributed by atoms with Gasteiger partial charge in [-0.1, -0.05) is 0 Å². The molecule has 1 aliphatic rings. The SMILES string of the molecule is CN1N=NNO1. The van der Waals surface area contributed by atoms with Crippen LogP contribution in [0, 0.1) is 0 Å². The lowest BCUT2D eigenvalue weighted by atomic mass is 11.5. The highest BCUT2D eigenvalue weighted by Gasteiger charge is 1.95. The molecule has 1 aliphatic heterocycles. The predicted octanol–water partition coefficient (Wildman–Crippen LogP) is -0.350. The molecule has 0 spiro atoms. The molecule has 0 fully saturated rings. The minimum atomic E-state index is 1.21. The number of hydroxylamine groups is 1. The molecule has 5 nitrogen and oxygen atoms in total. The molecule has 34 valence electrons. The van der Waals surface area contributed by atoms with Gasteiger partial charge in [0, 0.05) is 0 Å². The molecule has 0 amide bonds. The van der Waals surface area contributed by atoms with Crippen molar-refractivity contribution < 1.29 is 4.94 Å². The first-order valence-corrected chi connectivity index (χ1v) is 1.46. The van der Waals surface area contributed by atoms with Crippen LogP contribution in [0.4, 0.5) is 0 Å². The molecule has 6 heavy (non-hydrogen) atoms. The fourth-order valence-electron chi connectivity index (χ4n) is 0.177. The molecular weight excluding hydrogens is 84.0 g/mol. The molecule has 0 radical (unpaired) electrons. The van der Waals surface area contributed by atoms with Crippen LogP contribution >= 0.6 is 0 Å². The highest BCUT2D eigenvalue weighted by atomic mass is 16.9. The third kappa shape index (κ3) is 0.389. The molecule has 1 heterocycles. The van der Waals surface area contributed by atoms with E-state index in [9.17, 15) is 0 Å². The van der Waals surface area contributed by atoms with Crippen molar-refractivity contribution in [1.29, 1.82) is 0 Å². The van der Waals surface area contributed by atoms with E-state index in [-0.39, 0.29) is 0 Å². The Morgan fingerprint density at radius 1 is 1.83 bits per heavy atom. The van der Waals surface area contributed by atoms with E-state index < -0.39 is 0 Å². The third-order valence-corrected chi connectivity index (χ3v) is 0.384. The standard InChI is InChI=1S/CH4N4O/c1-5-3-2-4-6-5/h1H3,(H,3,4). The summed E-state index contributed by atoms with van der Waals surface area (Å²) in [6, 6.07) is 0. The number of hydrogen-bond acceptors (Lipinski definition) is 5. The van der Waals surface area contributed by atoms with Crippen LogP contribution in [0.25, 0.3) is 0 Å². The van der Waals surface area contributed by atoms with Crippen LogP contribution in [0.3, 0.4) is 0 Å². The van der Waals surface area contributed by atoms with E-state index in [4.69, 9.17) is 0 Å². The molecule has 1 rings (SSSR count). The van der Waals surface area contributed by atoms with E-state index in [0.717, 1.165) is 0 Å². The Balaban J connectivity index is 2.38. The Morgan fingerprint density at radius 2 is 2.67 bits per heavy atom. The molecule has 0 aromatic carbocycles. The Hall–Kier alpha value is -0.840. The monoisotopic (exact) mass is 88.0 g/mol. The van der Waals surface area contributed by atoms with Crippen LogP contribution < -0.4 is 5.59 Å². The lowest BCUT2D eigenvalue weighted by Gasteiger charge is -1.94. The first kappa shape index (κ1) is 3.35. The molecule has 5 heteroatoms. The maximum absolute atomic E-state index is 4.40. The van der Waals surface area contributed by atoms with Gasteiger partial charge in [-0.25, -0.2) is 0 Å². The molecular formula is CH4N4O. The van der Waals surface area contributed by atoms with Crippen LogP contribution in [0.5, 0.6) is 0 Å². The average molecular weight is 88.1 g/mol. The first-order valence-electron chi connectivity index (χ1n) is 1.46. The Bertz CT molecular complexity index is 69.9. The number of hydrogen-bond donors (Lipinski definition) is 1. The van der Waals surface area contributed by atoms with E-state index in [1.165, 1.54) is 5.17 Å². The zero-order valence-electron chi connectivity index (χ0n) is 3.25. The quantitative estimate of drug-likeness (QED) is 0.440. The summed E-state index contributed by atoms with van der Waals surface area (Å²) in [6.07, 6.45) is 0. The molecule has 0 aliphatic carbocycles. The topological polar surface area (TPSA) is 49.2 Å². The van der Waals surface area contributed by atoms with E-state index in [1.54, 1.807) is 7.05 Å². The van der Waals surface area contributed by atoms with Crippen molar-refractivity contribution in [3.05, 3.63) is 0 Å². The van der Waals surface area contributed by atoms with E-state index in [0.29, 0.717) is 0 Å². The van der Waals surface area contributed by atoms with Crippen molar-refractivity contribution >= 4 is 0 Å². The van der Waals surface area contributed by atoms with E-state index >= 15 is 0 Å². The lowest BCUT2D eigenvalue weighted by Crippen LogP contribution is -2.10. The highest BCUT2D eigenvalue weighted by Crippen LogP contribution is 1.88. The van der Waals surface area contributed by atoms with Crippen LogP contribution in [-0.2, 0) is 4.94 Å². The number of nitrogens with one attached hydrogen (secondary N) is 1. The highest BCUT2D eigenvalue weighted by molar-refractivity contribution is 4.11. The van der Waals surface area contributed by atoms with Gasteiger partial charge in [-0.2, -0.15) is 0 Å². The van der Waals surface area contributed by atoms with Gasteiger partial charge >= 0.3 is 0 Å². The van der Waals surface area contributed by atoms with Crippen LogP contribution in [-0.4, -0.2) is 12.2 Å². The molecule has 0 aromatic heterocycles. The zero-order chi connectivity index (χ0) is 4.41. The lowest BCUT2D eigenvalue weighted by molar-refractivity contribution is -0.157. The molecule has 0 atom stereocenters. The summed E-state index contributed by atoms with van der Waals surface area (Å²) in [4.78, 5) is 4.40. The second kappa shape index (κ2) is 1.09. The Labute approximate surface area is 34.5 Å². The summed E-state index contributed by atoms with van der Waals surface area (Å²) in [5, 5.41) is 7.81. The number of nitrogens with zero attached hydrogens (tertiary/aromatic N) is 3. The van der Waals surface area contributed by atoms with Gasteiger partial charge < -0.3 is 0 Å². The summed E-state index contributed by atoms with van der Waals surface area (Å²) in [5.41, 5.74) is 2.16. The van der Waals surface area contributed by atoms with Crippen LogP contribution in [0.2, 0.25) is 0 Å². The van der Waals surface area contributed by atoms with Crippen molar-refractivity contribution in [1.82, 2.24) is 10.8 Å². The van der Waals surface area contributed by atoms with Gasteiger partial charge in [-0.15, -0.1) is 15.7 Å². The molecule has 0 saturated carbocycles. The molecule has 0 saturated heterocycles. The summed E-state index contributed by atoms with van der Waals surface area (Å²) < 4.78 is 0. The van der Waals surface area contributed by atoms with Crippen LogP contribution in [0.15, 0.2) is 10.4 Å². The largest absolute Gasteiger partial charge is 0.138 e. The second-order valence-electron chi connectivity index (χ2n) is 0.836. The van der Waals surface area contributed by atoms with Crippen molar-refractivity contribution in [2.45, 2.75) is 0 Å². The smallest absolute Gasteiger partial charge is 0.0581 e. The molecule has 1 N–H and O–H groups in total. The Morgan fingerprint density at radius 3 is 2.83 bits per heavy atom. The summed E-state index contributed by atoms with van der Waals surface area (Å²) >= 11 is 0. The van der Waals surface area contributed by atoms with Gasteiger partial charge in [-0.05, 0) is 10.4 Å². The van der Waals surface area contributed by atoms with Gasteiger partial charge in [-0.3, -0.25) is 0 Å². The molecule has 0 bridgehead atoms. The van der Waals surface area contributed by atoms with Gasteiger partial charge in [0.15, 0.2) is 0 Å². The van der Waals surface area contributed by atoms with Crippen molar-refractivity contribution in [3.8, 4) is 0 Å². The van der Waals surface area contributed by atoms with Gasteiger partial charge in [0.2, 0.25) is 0 Å². The third-order valence-electron chi connectivity index (χ3n) is 0.384. The maximum atomic E-state index is 4.40. The normalized spacial score (nSPS) is 18.5. The van der Waals surface area contributed by atoms with Crippen molar-refractivity contribution in [2.24, 2.45) is 10.4 Å². The fourth-order valence-corrected chi connectivity index (χ4v) is 0.177. The first-order chi connectivity index (χ1) is 2.89. The van der Waals surface area contributed by atoms with Crippen LogP contribution in [0.1, 0.15) is 0 Å². The van der Waals surface area contributed by atoms with Crippen molar-refractivity contribution in [3.63, 3.8) is 0 Å². The van der Waals surface area contributed by atoms with Gasteiger partial charge in [0.05, 0.1) is 7.05 Å². The fraction of sp³-hybridized carbons (Fsp3) is 1.00. The summed E-state index contributed by atoms with van der Waals surface area (Å²) in [7, 11) is 1.63. The van der Waals surface area contributed by atoms with Gasteiger partial charge in [0.1, 0.15) is 0 Å². The minimum Gasteiger partial charge on any atom is -0.138 e. The predicted molar refractivity (Wildman–Crippen MR) is 16.8 cm³/mol. The number of rotatable bonds is 0. The molecule has 0 unspecified atom stereocenters. The zero-order valence-corrected chi connectivity index (χ0v) is 3.25. The van der Waals surface area contributed by atoms with E-state index in [2.05, 4.69) is 21.0 Å². The Kier molecular flexibility index (Phi) is 0.612. The summed E-state index contributed by atoms with van der Waals surface area (Å²) in [5.74, 6) is 0. The van der Waals surface area contributed by atoms with Crippen molar-refractivity contribution in [2.75, 3.05) is 7.05 Å². The van der Waals surface area contributed by atoms with E-state index in [1.807, 2.05) is 0 Å². The van der Waals surface area contributed by atoms with Gasteiger partial charge in [0.25, 0.3) is 0 Å². The summed E-state index contributed by atoms with van der Waals surface area (Å²) in [6.45, 7) is 0.